The van der Waals surface area contributed by atoms with Crippen LogP contribution in [-0.2, 0) is 11.2 Å². The summed E-state index contributed by atoms with van der Waals surface area (Å²) < 4.78 is 0. The highest BCUT2D eigenvalue weighted by Crippen LogP contribution is 2.31. The lowest BCUT2D eigenvalue weighted by atomic mass is 10.1. The number of nitrogens with zero attached hydrogens (tertiary/aromatic N) is 2. The summed E-state index contributed by atoms with van der Waals surface area (Å²) in [5, 5.41) is 3.36. The highest BCUT2D eigenvalue weighted by Gasteiger charge is 2.30. The predicted octanol–water partition coefficient (Wildman–Crippen LogP) is 2.86. The number of carbonyl (C=O) groups excluding carboxylic acids is 1. The Balaban J connectivity index is 1.61. The summed E-state index contributed by atoms with van der Waals surface area (Å²) in [7, 11) is 4.14. The lowest BCUT2D eigenvalue weighted by molar-refractivity contribution is -0.118. The van der Waals surface area contributed by atoms with Crippen LogP contribution in [-0.4, -0.2) is 44.0 Å². The standard InChI is InChI=1S/C21H27N3O/c1-16-13-18-11-7-8-12-19(18)24(16)21(25)15-22-14-20(23(2)3)17-9-5-4-6-10-17/h4-12,16,20,22H,13-15H2,1-3H3/t16-,20-/m1/s1. The molecule has 1 N–H and O–H groups in total. The van der Waals surface area contributed by atoms with Crippen molar-refractivity contribution in [1.82, 2.24) is 10.2 Å². The van der Waals surface area contributed by atoms with Gasteiger partial charge in [-0.15, -0.1) is 0 Å². The van der Waals surface area contributed by atoms with Gasteiger partial charge < -0.3 is 15.1 Å². The molecule has 0 aliphatic carbocycles. The van der Waals surface area contributed by atoms with E-state index in [0.717, 1.165) is 18.7 Å². The van der Waals surface area contributed by atoms with Crippen LogP contribution >= 0.6 is 0 Å². The van der Waals surface area contributed by atoms with Crippen LogP contribution in [0.2, 0.25) is 0 Å². The fourth-order valence-corrected chi connectivity index (χ4v) is 3.62. The molecular formula is C21H27N3O. The third-order valence-corrected chi connectivity index (χ3v) is 4.90. The number of benzene rings is 2. The Morgan fingerprint density at radius 2 is 1.84 bits per heavy atom. The molecule has 0 saturated carbocycles. The van der Waals surface area contributed by atoms with Gasteiger partial charge in [0.25, 0.3) is 0 Å². The zero-order valence-electron chi connectivity index (χ0n) is 15.3. The first-order chi connectivity index (χ1) is 12.1. The average molecular weight is 337 g/mol. The van der Waals surface area contributed by atoms with E-state index in [-0.39, 0.29) is 18.0 Å². The van der Waals surface area contributed by atoms with Crippen LogP contribution in [0.5, 0.6) is 0 Å². The van der Waals surface area contributed by atoms with Crippen molar-refractivity contribution in [2.75, 3.05) is 32.1 Å². The van der Waals surface area contributed by atoms with Crippen LogP contribution in [0.4, 0.5) is 5.69 Å². The maximum Gasteiger partial charge on any atom is 0.241 e. The van der Waals surface area contributed by atoms with Gasteiger partial charge in [-0.3, -0.25) is 4.79 Å². The monoisotopic (exact) mass is 337 g/mol. The third kappa shape index (κ3) is 3.91. The minimum atomic E-state index is 0.142. The molecule has 0 unspecified atom stereocenters. The zero-order valence-corrected chi connectivity index (χ0v) is 15.3. The van der Waals surface area contributed by atoms with Crippen molar-refractivity contribution in [3.63, 3.8) is 0 Å². The Labute approximate surface area is 150 Å². The van der Waals surface area contributed by atoms with Crippen molar-refractivity contribution >= 4 is 11.6 Å². The van der Waals surface area contributed by atoms with E-state index in [4.69, 9.17) is 0 Å². The van der Waals surface area contributed by atoms with Crippen LogP contribution in [0, 0.1) is 0 Å². The minimum absolute atomic E-state index is 0.142. The fourth-order valence-electron chi connectivity index (χ4n) is 3.62. The minimum Gasteiger partial charge on any atom is -0.308 e. The van der Waals surface area contributed by atoms with Gasteiger partial charge in [0.1, 0.15) is 0 Å². The van der Waals surface area contributed by atoms with Crippen molar-refractivity contribution in [3.8, 4) is 0 Å². The van der Waals surface area contributed by atoms with E-state index in [1.54, 1.807) is 0 Å². The van der Waals surface area contributed by atoms with Gasteiger partial charge in [0, 0.05) is 24.3 Å². The molecule has 132 valence electrons. The number of fused-ring (bicyclic) bond motifs is 1. The number of para-hydroxylation sites is 1. The highest BCUT2D eigenvalue weighted by molar-refractivity contribution is 5.97. The summed E-state index contributed by atoms with van der Waals surface area (Å²) >= 11 is 0. The molecule has 0 radical (unpaired) electrons. The first-order valence-electron chi connectivity index (χ1n) is 8.90. The van der Waals surface area contributed by atoms with Crippen molar-refractivity contribution < 1.29 is 4.79 Å². The zero-order chi connectivity index (χ0) is 17.8. The van der Waals surface area contributed by atoms with Crippen molar-refractivity contribution in [3.05, 3.63) is 65.7 Å². The normalized spacial score (nSPS) is 17.6. The number of hydrogen-bond donors (Lipinski definition) is 1. The fraction of sp³-hybridized carbons (Fsp3) is 0.381. The molecular weight excluding hydrogens is 310 g/mol. The SMILES string of the molecule is C[C@@H]1Cc2ccccc2N1C(=O)CNC[C@H](c1ccccc1)N(C)C. The van der Waals surface area contributed by atoms with Crippen molar-refractivity contribution in [1.29, 1.82) is 0 Å². The quantitative estimate of drug-likeness (QED) is 0.880. The molecule has 2 aromatic rings. The van der Waals surface area contributed by atoms with Gasteiger partial charge in [-0.1, -0.05) is 48.5 Å². The summed E-state index contributed by atoms with van der Waals surface area (Å²) in [4.78, 5) is 16.9. The lowest BCUT2D eigenvalue weighted by Gasteiger charge is -2.27. The number of nitrogens with one attached hydrogen (secondary N) is 1. The Bertz CT molecular complexity index is 714. The average Bonchev–Trinajstić information content (AvgIpc) is 2.94. The van der Waals surface area contributed by atoms with E-state index in [1.165, 1.54) is 11.1 Å². The van der Waals surface area contributed by atoms with E-state index >= 15 is 0 Å². The molecule has 1 amide bonds. The van der Waals surface area contributed by atoms with Crippen LogP contribution in [0.25, 0.3) is 0 Å². The third-order valence-electron chi connectivity index (χ3n) is 4.90. The summed E-state index contributed by atoms with van der Waals surface area (Å²) in [6, 6.07) is 19.1. The predicted molar refractivity (Wildman–Crippen MR) is 103 cm³/mol. The smallest absolute Gasteiger partial charge is 0.241 e. The second-order valence-corrected chi connectivity index (χ2v) is 6.97. The molecule has 0 spiro atoms. The molecule has 0 aromatic heterocycles. The molecule has 0 fully saturated rings. The molecule has 25 heavy (non-hydrogen) atoms. The van der Waals surface area contributed by atoms with E-state index in [9.17, 15) is 4.79 Å². The van der Waals surface area contributed by atoms with Crippen LogP contribution < -0.4 is 10.2 Å². The van der Waals surface area contributed by atoms with Gasteiger partial charge in [-0.2, -0.15) is 0 Å². The number of amides is 1. The maximum absolute atomic E-state index is 12.8. The summed E-state index contributed by atoms with van der Waals surface area (Å²) in [5.74, 6) is 0.142. The summed E-state index contributed by atoms with van der Waals surface area (Å²) in [6.45, 7) is 3.22. The molecule has 1 aliphatic rings. The first-order valence-corrected chi connectivity index (χ1v) is 8.90. The second-order valence-electron chi connectivity index (χ2n) is 6.97. The molecule has 0 saturated heterocycles. The molecule has 0 bridgehead atoms. The summed E-state index contributed by atoms with van der Waals surface area (Å²) in [5.41, 5.74) is 3.58. The summed E-state index contributed by atoms with van der Waals surface area (Å²) in [6.07, 6.45) is 0.937. The lowest BCUT2D eigenvalue weighted by Crippen LogP contribution is -2.43. The van der Waals surface area contributed by atoms with Gasteiger partial charge in [0.15, 0.2) is 0 Å². The number of hydrogen-bond acceptors (Lipinski definition) is 3. The Morgan fingerprint density at radius 3 is 2.56 bits per heavy atom. The Kier molecular flexibility index (Phi) is 5.51. The van der Waals surface area contributed by atoms with Gasteiger partial charge in [0.05, 0.1) is 6.54 Å². The molecule has 3 rings (SSSR count). The van der Waals surface area contributed by atoms with Gasteiger partial charge in [-0.05, 0) is 44.6 Å². The van der Waals surface area contributed by atoms with Gasteiger partial charge >= 0.3 is 0 Å². The first kappa shape index (κ1) is 17.6. The molecule has 1 heterocycles. The van der Waals surface area contributed by atoms with E-state index in [0.29, 0.717) is 6.54 Å². The maximum atomic E-state index is 12.8. The molecule has 4 nitrogen and oxygen atoms in total. The number of carbonyl (C=O) groups is 1. The second kappa shape index (κ2) is 7.81. The largest absolute Gasteiger partial charge is 0.308 e. The molecule has 2 atom stereocenters. The van der Waals surface area contributed by atoms with Gasteiger partial charge in [0.2, 0.25) is 5.91 Å². The van der Waals surface area contributed by atoms with Crippen LogP contribution in [0.3, 0.4) is 0 Å². The van der Waals surface area contributed by atoms with Crippen molar-refractivity contribution in [2.24, 2.45) is 0 Å². The van der Waals surface area contributed by atoms with E-state index in [2.05, 4.69) is 61.6 Å². The van der Waals surface area contributed by atoms with Crippen molar-refractivity contribution in [2.45, 2.75) is 25.4 Å². The number of likely N-dealkylation sites (N-methyl/N-ethyl adjacent to an activating group) is 1. The Hall–Kier alpha value is -2.17. The van der Waals surface area contributed by atoms with E-state index < -0.39 is 0 Å². The topological polar surface area (TPSA) is 35.6 Å². The number of anilines is 1. The molecule has 4 heteroatoms. The van der Waals surface area contributed by atoms with E-state index in [1.807, 2.05) is 29.2 Å². The Morgan fingerprint density at radius 1 is 1.16 bits per heavy atom. The molecule has 1 aliphatic heterocycles. The van der Waals surface area contributed by atoms with Crippen LogP contribution in [0.15, 0.2) is 54.6 Å². The number of rotatable bonds is 6. The van der Waals surface area contributed by atoms with Gasteiger partial charge in [-0.25, -0.2) is 0 Å². The van der Waals surface area contributed by atoms with Crippen LogP contribution in [0.1, 0.15) is 24.1 Å². The highest BCUT2D eigenvalue weighted by atomic mass is 16.2. The molecule has 2 aromatic carbocycles.